The van der Waals surface area contributed by atoms with Crippen molar-refractivity contribution in [3.8, 4) is 28.1 Å². The molecule has 0 atom stereocenters. The number of hydrogen-bond donors (Lipinski definition) is 1. The molecule has 0 amide bonds. The van der Waals surface area contributed by atoms with Gasteiger partial charge in [-0.2, -0.15) is 5.10 Å². The standard InChI is InChI=1S/C47H44N4Si/c1-30-25-40(50-49-30)31-18-21-37-36-15-8-9-16-41(36)51(42(37)26-31)34-13-12-14-35(29-34)52(45-17-10-11-24-48-45)43-22-19-32(46(2,3)4)27-38(43)39-28-33(47(5,6)7)20-23-44(39)52/h8-29H,1-7H3,(H,49,50). The number of rotatable bonds is 4. The lowest BCUT2D eigenvalue weighted by Crippen LogP contribution is -2.73. The van der Waals surface area contributed by atoms with E-state index < -0.39 is 8.07 Å². The van der Waals surface area contributed by atoms with E-state index in [1.807, 2.05) is 19.2 Å². The van der Waals surface area contributed by atoms with Gasteiger partial charge in [-0.15, -0.1) is 0 Å². The van der Waals surface area contributed by atoms with Gasteiger partial charge in [0.25, 0.3) is 0 Å². The summed E-state index contributed by atoms with van der Waals surface area (Å²) in [6, 6.07) is 48.0. The first-order chi connectivity index (χ1) is 24.9. The first-order valence-corrected chi connectivity index (χ1v) is 20.3. The molecular weight excluding hydrogens is 649 g/mol. The Labute approximate surface area is 307 Å². The van der Waals surface area contributed by atoms with Crippen LogP contribution in [0.4, 0.5) is 0 Å². The maximum atomic E-state index is 5.23. The molecule has 0 fully saturated rings. The Balaban J connectivity index is 1.35. The summed E-state index contributed by atoms with van der Waals surface area (Å²) in [6.45, 7) is 15.9. The highest BCUT2D eigenvalue weighted by Gasteiger charge is 2.50. The summed E-state index contributed by atoms with van der Waals surface area (Å²) < 4.78 is 2.44. The topological polar surface area (TPSA) is 46.5 Å². The van der Waals surface area contributed by atoms with Crippen molar-refractivity contribution in [3.63, 3.8) is 0 Å². The molecule has 4 heterocycles. The van der Waals surface area contributed by atoms with Crippen molar-refractivity contribution in [1.82, 2.24) is 19.7 Å². The Hall–Kier alpha value is -5.52. The van der Waals surface area contributed by atoms with Crippen LogP contribution in [0.15, 0.2) is 134 Å². The largest absolute Gasteiger partial charge is 0.309 e. The van der Waals surface area contributed by atoms with E-state index in [4.69, 9.17) is 4.98 Å². The van der Waals surface area contributed by atoms with Crippen LogP contribution in [-0.4, -0.2) is 27.8 Å². The van der Waals surface area contributed by atoms with Crippen LogP contribution in [0, 0.1) is 6.92 Å². The predicted octanol–water partition coefficient (Wildman–Crippen LogP) is 8.83. The number of hydrogen-bond acceptors (Lipinski definition) is 2. The fourth-order valence-corrected chi connectivity index (χ4v) is 13.4. The number of para-hydroxylation sites is 1. The third kappa shape index (κ3) is 4.86. The summed E-state index contributed by atoms with van der Waals surface area (Å²) in [4.78, 5) is 5.23. The Morgan fingerprint density at radius 3 is 1.90 bits per heavy atom. The van der Waals surface area contributed by atoms with Gasteiger partial charge in [-0.3, -0.25) is 10.1 Å². The molecule has 0 bridgehead atoms. The summed E-state index contributed by atoms with van der Waals surface area (Å²) >= 11 is 0. The van der Waals surface area contributed by atoms with Crippen LogP contribution in [0.25, 0.3) is 49.9 Å². The van der Waals surface area contributed by atoms with Crippen LogP contribution in [0.2, 0.25) is 0 Å². The van der Waals surface area contributed by atoms with E-state index in [0.29, 0.717) is 0 Å². The lowest BCUT2D eigenvalue weighted by molar-refractivity contribution is 0.589. The van der Waals surface area contributed by atoms with Crippen molar-refractivity contribution in [2.75, 3.05) is 0 Å². The molecule has 0 unspecified atom stereocenters. The number of benzene rings is 5. The molecule has 5 aromatic carbocycles. The zero-order chi connectivity index (χ0) is 36.0. The second-order valence-corrected chi connectivity index (χ2v) is 20.2. The number of fused-ring (bicyclic) bond motifs is 6. The quantitative estimate of drug-likeness (QED) is 0.188. The van der Waals surface area contributed by atoms with Crippen molar-refractivity contribution in [2.45, 2.75) is 59.3 Å². The predicted molar refractivity (Wildman–Crippen MR) is 221 cm³/mol. The maximum Gasteiger partial charge on any atom is 0.203 e. The summed E-state index contributed by atoms with van der Waals surface area (Å²) in [5, 5.41) is 15.5. The number of aromatic nitrogens is 4. The third-order valence-electron chi connectivity index (χ3n) is 11.1. The zero-order valence-corrected chi connectivity index (χ0v) is 32.0. The molecule has 5 heteroatoms. The van der Waals surface area contributed by atoms with Gasteiger partial charge in [-0.05, 0) is 98.0 Å². The molecule has 1 aliphatic heterocycles. The van der Waals surface area contributed by atoms with Crippen molar-refractivity contribution in [2.24, 2.45) is 0 Å². The van der Waals surface area contributed by atoms with Crippen molar-refractivity contribution in [3.05, 3.63) is 150 Å². The number of H-pyrrole nitrogens is 1. The first kappa shape index (κ1) is 32.4. The SMILES string of the molecule is Cc1cc(-c2ccc3c4ccccc4n(-c4cccc([Si]5(c6ccccn6)c6ccc(C(C)(C)C)cc6-c6cc(C(C)(C)C)ccc65)c4)c3c2)n[nH]1. The fourth-order valence-electron chi connectivity index (χ4n) is 8.44. The number of nitrogens with zero attached hydrogens (tertiary/aromatic N) is 3. The van der Waals surface area contributed by atoms with E-state index in [-0.39, 0.29) is 10.8 Å². The van der Waals surface area contributed by atoms with Crippen molar-refractivity contribution in [1.29, 1.82) is 0 Å². The lowest BCUT2D eigenvalue weighted by atomic mass is 9.83. The molecule has 0 saturated carbocycles. The minimum atomic E-state index is -2.87. The molecule has 0 spiro atoms. The number of aryl methyl sites for hydroxylation is 1. The molecule has 0 saturated heterocycles. The molecule has 1 aliphatic rings. The van der Waals surface area contributed by atoms with E-state index in [1.165, 1.54) is 59.6 Å². The number of pyridine rings is 1. The summed E-state index contributed by atoms with van der Waals surface area (Å²) in [5.41, 5.74) is 12.1. The number of nitrogens with one attached hydrogen (secondary N) is 1. The van der Waals surface area contributed by atoms with Crippen LogP contribution in [0.3, 0.4) is 0 Å². The molecule has 1 N–H and O–H groups in total. The highest BCUT2D eigenvalue weighted by molar-refractivity contribution is 7.21. The molecule has 3 aromatic heterocycles. The average Bonchev–Trinajstić information content (AvgIpc) is 3.81. The molecular formula is C47H44N4Si. The van der Waals surface area contributed by atoms with Gasteiger partial charge in [0, 0.05) is 39.2 Å². The second kappa shape index (κ2) is 11.5. The van der Waals surface area contributed by atoms with Gasteiger partial charge < -0.3 is 4.57 Å². The Kier molecular flexibility index (Phi) is 7.16. The van der Waals surface area contributed by atoms with Gasteiger partial charge in [-0.1, -0.05) is 126 Å². The van der Waals surface area contributed by atoms with Crippen LogP contribution in [-0.2, 0) is 10.8 Å². The van der Waals surface area contributed by atoms with Gasteiger partial charge in [0.05, 0.1) is 16.7 Å². The fraction of sp³-hybridized carbons (Fsp3) is 0.191. The van der Waals surface area contributed by atoms with Crippen molar-refractivity contribution < 1.29 is 0 Å². The van der Waals surface area contributed by atoms with Gasteiger partial charge in [0.15, 0.2) is 0 Å². The lowest BCUT2D eigenvalue weighted by Gasteiger charge is -2.31. The third-order valence-corrected chi connectivity index (χ3v) is 15.9. The normalized spacial score (nSPS) is 13.8. The molecule has 256 valence electrons. The maximum absolute atomic E-state index is 5.23. The molecule has 0 radical (unpaired) electrons. The Morgan fingerprint density at radius 1 is 0.596 bits per heavy atom. The monoisotopic (exact) mass is 692 g/mol. The van der Waals surface area contributed by atoms with E-state index in [0.717, 1.165) is 28.0 Å². The van der Waals surface area contributed by atoms with Gasteiger partial charge in [-0.25, -0.2) is 0 Å². The summed E-state index contributed by atoms with van der Waals surface area (Å²) in [6.07, 6.45) is 1.98. The van der Waals surface area contributed by atoms with Crippen LogP contribution < -0.4 is 20.9 Å². The van der Waals surface area contributed by atoms with Crippen LogP contribution in [0.1, 0.15) is 58.4 Å². The molecule has 0 aliphatic carbocycles. The first-order valence-electron chi connectivity index (χ1n) is 18.3. The van der Waals surface area contributed by atoms with E-state index in [2.05, 4.69) is 178 Å². The molecule has 9 rings (SSSR count). The minimum absolute atomic E-state index is 0.0263. The van der Waals surface area contributed by atoms with Crippen molar-refractivity contribution >= 4 is 50.8 Å². The highest BCUT2D eigenvalue weighted by Crippen LogP contribution is 2.37. The minimum Gasteiger partial charge on any atom is -0.309 e. The number of aromatic amines is 1. The molecule has 8 aromatic rings. The van der Waals surface area contributed by atoms with E-state index in [1.54, 1.807) is 0 Å². The smallest absolute Gasteiger partial charge is 0.203 e. The highest BCUT2D eigenvalue weighted by atomic mass is 28.3. The van der Waals surface area contributed by atoms with Gasteiger partial charge in [0.2, 0.25) is 8.07 Å². The summed E-state index contributed by atoms with van der Waals surface area (Å²) in [5.74, 6) is 0. The Morgan fingerprint density at radius 2 is 1.27 bits per heavy atom. The van der Waals surface area contributed by atoms with E-state index in [9.17, 15) is 0 Å². The molecule has 4 nitrogen and oxygen atoms in total. The Bertz CT molecular complexity index is 2600. The van der Waals surface area contributed by atoms with E-state index >= 15 is 0 Å². The zero-order valence-electron chi connectivity index (χ0n) is 31.0. The van der Waals surface area contributed by atoms with Gasteiger partial charge in [0.1, 0.15) is 0 Å². The summed E-state index contributed by atoms with van der Waals surface area (Å²) in [7, 11) is -2.87. The molecule has 52 heavy (non-hydrogen) atoms. The second-order valence-electron chi connectivity index (χ2n) is 16.6. The average molecular weight is 693 g/mol. The van der Waals surface area contributed by atoms with Crippen LogP contribution >= 0.6 is 0 Å². The van der Waals surface area contributed by atoms with Crippen LogP contribution in [0.5, 0.6) is 0 Å². The van der Waals surface area contributed by atoms with Gasteiger partial charge >= 0.3 is 0 Å².